The molecule has 0 saturated carbocycles. The Morgan fingerprint density at radius 3 is 2.74 bits per heavy atom. The number of hydrogen-bond acceptors (Lipinski definition) is 5. The van der Waals surface area contributed by atoms with E-state index >= 15 is 0 Å². The first-order valence-electron chi connectivity index (χ1n) is 5.66. The van der Waals surface area contributed by atoms with Crippen molar-refractivity contribution < 1.29 is 19.0 Å². The third-order valence-corrected chi connectivity index (χ3v) is 3.17. The molecule has 0 fully saturated rings. The van der Waals surface area contributed by atoms with Gasteiger partial charge in [-0.05, 0) is 18.2 Å². The largest absolute Gasteiger partial charge is 0.465 e. The van der Waals surface area contributed by atoms with Crippen LogP contribution in [0.25, 0.3) is 0 Å². The van der Waals surface area contributed by atoms with Gasteiger partial charge in [-0.1, -0.05) is 15.9 Å². The van der Waals surface area contributed by atoms with Crippen LogP contribution in [-0.4, -0.2) is 25.4 Å². The van der Waals surface area contributed by atoms with Gasteiger partial charge in [0.1, 0.15) is 12.5 Å². The molecule has 0 aromatic heterocycles. The zero-order valence-electron chi connectivity index (χ0n) is 10.6. The van der Waals surface area contributed by atoms with Gasteiger partial charge in [-0.15, -0.1) is 0 Å². The lowest BCUT2D eigenvalue weighted by atomic mass is 10.1. The van der Waals surface area contributed by atoms with E-state index in [4.69, 9.17) is 14.2 Å². The van der Waals surface area contributed by atoms with Gasteiger partial charge < -0.3 is 19.5 Å². The number of ether oxygens (including phenoxy) is 3. The quantitative estimate of drug-likeness (QED) is 0.862. The molecule has 0 amide bonds. The van der Waals surface area contributed by atoms with Crippen molar-refractivity contribution in [3.8, 4) is 0 Å². The summed E-state index contributed by atoms with van der Waals surface area (Å²) < 4.78 is 16.3. The summed E-state index contributed by atoms with van der Waals surface area (Å²) in [6, 6.07) is 5.27. The van der Waals surface area contributed by atoms with Crippen LogP contribution in [0.4, 0.5) is 5.69 Å². The molecule has 19 heavy (non-hydrogen) atoms. The Balaban J connectivity index is 2.14. The molecular formula is C13H14BrNO4. The maximum atomic E-state index is 11.7. The number of carbonyl (C=O) groups is 1. The molecule has 0 spiro atoms. The highest BCUT2D eigenvalue weighted by Crippen LogP contribution is 2.25. The molecule has 1 N–H and O–H groups in total. The summed E-state index contributed by atoms with van der Waals surface area (Å²) in [5.74, 6) is -1.16. The predicted octanol–water partition coefficient (Wildman–Crippen LogP) is 2.88. The molecule has 1 aromatic rings. The van der Waals surface area contributed by atoms with Crippen LogP contribution in [0.1, 0.15) is 17.3 Å². The van der Waals surface area contributed by atoms with Crippen molar-refractivity contribution in [2.24, 2.45) is 0 Å². The second-order valence-corrected chi connectivity index (χ2v) is 5.09. The number of nitrogens with one attached hydrogen (secondary N) is 1. The van der Waals surface area contributed by atoms with E-state index in [9.17, 15) is 4.79 Å². The van der Waals surface area contributed by atoms with E-state index < -0.39 is 11.8 Å². The summed E-state index contributed by atoms with van der Waals surface area (Å²) in [6.07, 6.45) is 2.98. The molecule has 102 valence electrons. The van der Waals surface area contributed by atoms with E-state index in [1.165, 1.54) is 19.6 Å². The number of carbonyl (C=O) groups excluding carboxylic acids is 1. The molecule has 0 aliphatic carbocycles. The van der Waals surface area contributed by atoms with Crippen molar-refractivity contribution in [1.82, 2.24) is 0 Å². The second kappa shape index (κ2) is 5.52. The molecule has 1 heterocycles. The Labute approximate surface area is 119 Å². The number of esters is 1. The molecule has 5 nitrogen and oxygen atoms in total. The van der Waals surface area contributed by atoms with E-state index in [2.05, 4.69) is 21.2 Å². The van der Waals surface area contributed by atoms with Crippen LogP contribution in [0.5, 0.6) is 0 Å². The van der Waals surface area contributed by atoms with Gasteiger partial charge in [0, 0.05) is 11.4 Å². The summed E-state index contributed by atoms with van der Waals surface area (Å²) in [6.45, 7) is 2.19. The van der Waals surface area contributed by atoms with Crippen LogP contribution in [0, 0.1) is 0 Å². The monoisotopic (exact) mass is 327 g/mol. The van der Waals surface area contributed by atoms with Gasteiger partial charge in [0.05, 0.1) is 24.9 Å². The standard InChI is InChI=1S/C13H14BrNO4/c1-13(18-5-6-19-13)8-15-11-7-9(14)3-4-10(11)12(16)17-2/h3-7,15H,8H2,1-2H3. The molecule has 0 unspecified atom stereocenters. The van der Waals surface area contributed by atoms with Crippen LogP contribution < -0.4 is 5.32 Å². The van der Waals surface area contributed by atoms with Crippen LogP contribution in [0.2, 0.25) is 0 Å². The Morgan fingerprint density at radius 1 is 1.42 bits per heavy atom. The fourth-order valence-electron chi connectivity index (χ4n) is 1.66. The summed E-state index contributed by atoms with van der Waals surface area (Å²) in [5, 5.41) is 3.13. The summed E-state index contributed by atoms with van der Waals surface area (Å²) in [5.41, 5.74) is 1.11. The molecule has 0 bridgehead atoms. The average molecular weight is 328 g/mol. The molecule has 1 aromatic carbocycles. The van der Waals surface area contributed by atoms with Crippen LogP contribution in [-0.2, 0) is 14.2 Å². The molecule has 6 heteroatoms. The fraction of sp³-hybridized carbons (Fsp3) is 0.308. The number of methoxy groups -OCH3 is 1. The lowest BCUT2D eigenvalue weighted by Gasteiger charge is -2.24. The number of benzene rings is 1. The molecule has 0 radical (unpaired) electrons. The Morgan fingerprint density at radius 2 is 2.11 bits per heavy atom. The second-order valence-electron chi connectivity index (χ2n) is 4.18. The van der Waals surface area contributed by atoms with Gasteiger partial charge in [0.25, 0.3) is 5.79 Å². The third kappa shape index (κ3) is 3.20. The number of rotatable bonds is 4. The minimum Gasteiger partial charge on any atom is -0.465 e. The molecular weight excluding hydrogens is 314 g/mol. The van der Waals surface area contributed by atoms with Crippen molar-refractivity contribution in [2.75, 3.05) is 19.0 Å². The van der Waals surface area contributed by atoms with Crippen molar-refractivity contribution >= 4 is 27.6 Å². The Hall–Kier alpha value is -1.69. The van der Waals surface area contributed by atoms with E-state index in [1.54, 1.807) is 25.1 Å². The predicted molar refractivity (Wildman–Crippen MR) is 73.7 cm³/mol. The van der Waals surface area contributed by atoms with Gasteiger partial charge in [0.15, 0.2) is 0 Å². The molecule has 1 aliphatic rings. The fourth-order valence-corrected chi connectivity index (χ4v) is 2.02. The van der Waals surface area contributed by atoms with Gasteiger partial charge in [-0.2, -0.15) is 0 Å². The van der Waals surface area contributed by atoms with Crippen LogP contribution in [0.3, 0.4) is 0 Å². The average Bonchev–Trinajstić information content (AvgIpc) is 2.83. The Kier molecular flexibility index (Phi) is 3.99. The highest BCUT2D eigenvalue weighted by atomic mass is 79.9. The van der Waals surface area contributed by atoms with Crippen molar-refractivity contribution in [3.05, 3.63) is 40.8 Å². The number of anilines is 1. The summed E-state index contributed by atoms with van der Waals surface area (Å²) in [7, 11) is 1.35. The van der Waals surface area contributed by atoms with Gasteiger partial charge in [0.2, 0.25) is 0 Å². The topological polar surface area (TPSA) is 56.8 Å². The SMILES string of the molecule is COC(=O)c1ccc(Br)cc1NCC1(C)OC=CO1. The van der Waals surface area contributed by atoms with Gasteiger partial charge >= 0.3 is 5.97 Å². The normalized spacial score (nSPS) is 15.5. The first-order valence-corrected chi connectivity index (χ1v) is 6.46. The first kappa shape index (κ1) is 13.7. The van der Waals surface area contributed by atoms with E-state index in [1.807, 2.05) is 0 Å². The summed E-state index contributed by atoms with van der Waals surface area (Å²) >= 11 is 3.37. The van der Waals surface area contributed by atoms with Gasteiger partial charge in [-0.3, -0.25) is 0 Å². The molecule has 2 rings (SSSR count). The molecule has 0 atom stereocenters. The Bertz CT molecular complexity index is 507. The zero-order valence-corrected chi connectivity index (χ0v) is 12.2. The first-order chi connectivity index (χ1) is 9.04. The zero-order chi connectivity index (χ0) is 13.9. The van der Waals surface area contributed by atoms with Crippen molar-refractivity contribution in [2.45, 2.75) is 12.7 Å². The molecule has 0 saturated heterocycles. The van der Waals surface area contributed by atoms with E-state index in [-0.39, 0.29) is 0 Å². The smallest absolute Gasteiger partial charge is 0.339 e. The van der Waals surface area contributed by atoms with Crippen LogP contribution >= 0.6 is 15.9 Å². The minimum absolute atomic E-state index is 0.389. The molecule has 1 aliphatic heterocycles. The van der Waals surface area contributed by atoms with E-state index in [0.717, 1.165) is 4.47 Å². The van der Waals surface area contributed by atoms with Crippen molar-refractivity contribution in [3.63, 3.8) is 0 Å². The highest BCUT2D eigenvalue weighted by Gasteiger charge is 2.29. The minimum atomic E-state index is -0.768. The number of halogens is 1. The maximum Gasteiger partial charge on any atom is 0.339 e. The maximum absolute atomic E-state index is 11.7. The van der Waals surface area contributed by atoms with Crippen LogP contribution in [0.15, 0.2) is 35.2 Å². The summed E-state index contributed by atoms with van der Waals surface area (Å²) in [4.78, 5) is 11.7. The lowest BCUT2D eigenvalue weighted by molar-refractivity contribution is -0.113. The van der Waals surface area contributed by atoms with Gasteiger partial charge in [-0.25, -0.2) is 4.79 Å². The lowest BCUT2D eigenvalue weighted by Crippen LogP contribution is -2.34. The highest BCUT2D eigenvalue weighted by molar-refractivity contribution is 9.10. The number of hydrogen-bond donors (Lipinski definition) is 1. The van der Waals surface area contributed by atoms with Crippen molar-refractivity contribution in [1.29, 1.82) is 0 Å². The third-order valence-electron chi connectivity index (χ3n) is 2.68. The van der Waals surface area contributed by atoms with E-state index in [0.29, 0.717) is 17.8 Å².